The molecule has 0 atom stereocenters. The number of benzene rings is 1. The molecule has 118 valence electrons. The first-order chi connectivity index (χ1) is 11.5. The Morgan fingerprint density at radius 3 is 2.79 bits per heavy atom. The predicted octanol–water partition coefficient (Wildman–Crippen LogP) is 1.02. The molecule has 0 aliphatic carbocycles. The van der Waals surface area contributed by atoms with Crippen molar-refractivity contribution in [1.29, 1.82) is 5.26 Å². The minimum atomic E-state index is -0.638. The van der Waals surface area contributed by atoms with Gasteiger partial charge in [0.25, 0.3) is 5.91 Å². The van der Waals surface area contributed by atoms with Crippen molar-refractivity contribution in [2.75, 3.05) is 5.73 Å². The average molecular weight is 322 g/mol. The number of phenols is 2. The van der Waals surface area contributed by atoms with Crippen LogP contribution in [0.15, 0.2) is 36.6 Å². The van der Waals surface area contributed by atoms with Crippen LogP contribution in [0.3, 0.4) is 0 Å². The van der Waals surface area contributed by atoms with E-state index in [-0.39, 0.29) is 16.8 Å². The number of phenolic OH excluding ortho intramolecular Hbond substituents is 2. The second kappa shape index (κ2) is 5.69. The van der Waals surface area contributed by atoms with Crippen LogP contribution in [-0.4, -0.2) is 35.6 Å². The van der Waals surface area contributed by atoms with Crippen molar-refractivity contribution in [2.24, 2.45) is 0 Å². The van der Waals surface area contributed by atoms with E-state index in [1.54, 1.807) is 6.07 Å². The van der Waals surface area contributed by atoms with Crippen LogP contribution in [0.4, 0.5) is 5.69 Å². The zero-order chi connectivity index (χ0) is 17.3. The number of fused-ring (bicyclic) bond motifs is 1. The molecular weight excluding hydrogens is 312 g/mol. The molecule has 2 aliphatic heterocycles. The quantitative estimate of drug-likeness (QED) is 0.274. The van der Waals surface area contributed by atoms with Crippen molar-refractivity contribution in [3.63, 3.8) is 0 Å². The molecule has 0 unspecified atom stereocenters. The Morgan fingerprint density at radius 1 is 1.29 bits per heavy atom. The van der Waals surface area contributed by atoms with Gasteiger partial charge in [-0.3, -0.25) is 9.36 Å². The predicted molar refractivity (Wildman–Crippen MR) is 82.8 cm³/mol. The van der Waals surface area contributed by atoms with Gasteiger partial charge in [-0.25, -0.2) is 15.0 Å². The minimum absolute atomic E-state index is 0.0752. The SMILES string of the molecule is N#C/C(=C\c1cc(N)c(O)c(O)c1)C(=O)n1cnc2ncnc-2c1. The molecule has 0 saturated carbocycles. The van der Waals surface area contributed by atoms with Gasteiger partial charge in [0, 0.05) is 6.20 Å². The first-order valence-electron chi connectivity index (χ1n) is 6.62. The summed E-state index contributed by atoms with van der Waals surface area (Å²) in [6.07, 6.45) is 5.19. The smallest absolute Gasteiger partial charge is 0.273 e. The van der Waals surface area contributed by atoms with Crippen LogP contribution < -0.4 is 5.73 Å². The number of aromatic nitrogens is 4. The average Bonchev–Trinajstić information content (AvgIpc) is 3.04. The lowest BCUT2D eigenvalue weighted by molar-refractivity contribution is 0.0959. The number of anilines is 1. The number of rotatable bonds is 2. The summed E-state index contributed by atoms with van der Waals surface area (Å²) in [5.74, 6) is -1.16. The normalized spacial score (nSPS) is 11.4. The third-order valence-corrected chi connectivity index (χ3v) is 3.21. The molecule has 9 heteroatoms. The molecule has 0 spiro atoms. The van der Waals surface area contributed by atoms with E-state index in [4.69, 9.17) is 5.73 Å². The van der Waals surface area contributed by atoms with Crippen molar-refractivity contribution in [1.82, 2.24) is 19.5 Å². The fraction of sp³-hybridized carbons (Fsp3) is 0. The Labute approximate surface area is 135 Å². The monoisotopic (exact) mass is 322 g/mol. The summed E-state index contributed by atoms with van der Waals surface area (Å²) in [5, 5.41) is 28.2. The van der Waals surface area contributed by atoms with E-state index in [0.717, 1.165) is 4.57 Å². The van der Waals surface area contributed by atoms with Gasteiger partial charge in [-0.1, -0.05) is 0 Å². The molecule has 2 heterocycles. The Hall–Kier alpha value is -3.93. The highest BCUT2D eigenvalue weighted by molar-refractivity contribution is 6.03. The molecule has 0 saturated heterocycles. The largest absolute Gasteiger partial charge is 0.504 e. The van der Waals surface area contributed by atoms with Crippen LogP contribution in [0.1, 0.15) is 10.4 Å². The molecule has 1 aromatic rings. The maximum absolute atomic E-state index is 12.4. The van der Waals surface area contributed by atoms with Gasteiger partial charge in [0.05, 0.1) is 5.69 Å². The first kappa shape index (κ1) is 15.0. The molecule has 0 bridgehead atoms. The van der Waals surface area contributed by atoms with Crippen molar-refractivity contribution < 1.29 is 15.0 Å². The number of allylic oxidation sites excluding steroid dienone is 1. The van der Waals surface area contributed by atoms with Crippen molar-refractivity contribution >= 4 is 17.7 Å². The third kappa shape index (κ3) is 2.59. The van der Waals surface area contributed by atoms with Gasteiger partial charge in [-0.15, -0.1) is 0 Å². The minimum Gasteiger partial charge on any atom is -0.504 e. The first-order valence-corrected chi connectivity index (χ1v) is 6.62. The number of nitrogens with two attached hydrogens (primary N) is 1. The molecular formula is C15H10N6O3. The van der Waals surface area contributed by atoms with Gasteiger partial charge in [-0.2, -0.15) is 5.26 Å². The lowest BCUT2D eigenvalue weighted by Gasteiger charge is -2.06. The van der Waals surface area contributed by atoms with Crippen LogP contribution in [0.25, 0.3) is 17.6 Å². The van der Waals surface area contributed by atoms with E-state index in [1.165, 1.54) is 37.1 Å². The molecule has 0 aromatic heterocycles. The zero-order valence-corrected chi connectivity index (χ0v) is 12.1. The Bertz CT molecular complexity index is 962. The Kier molecular flexibility index (Phi) is 3.55. The van der Waals surface area contributed by atoms with E-state index in [9.17, 15) is 20.3 Å². The van der Waals surface area contributed by atoms with Gasteiger partial charge < -0.3 is 15.9 Å². The van der Waals surface area contributed by atoms with E-state index in [2.05, 4.69) is 15.0 Å². The summed E-state index contributed by atoms with van der Waals surface area (Å²) in [6.45, 7) is 0. The van der Waals surface area contributed by atoms with Crippen molar-refractivity contribution in [2.45, 2.75) is 0 Å². The molecule has 2 aliphatic rings. The van der Waals surface area contributed by atoms with Gasteiger partial charge in [-0.05, 0) is 23.8 Å². The number of hydrogen-bond acceptors (Lipinski definition) is 8. The lowest BCUT2D eigenvalue weighted by atomic mass is 10.1. The number of carbonyl (C=O) groups is 1. The number of carbonyl (C=O) groups excluding carboxylic acids is 1. The van der Waals surface area contributed by atoms with Gasteiger partial charge >= 0.3 is 0 Å². The summed E-state index contributed by atoms with van der Waals surface area (Å²) >= 11 is 0. The summed E-state index contributed by atoms with van der Waals surface area (Å²) < 4.78 is 1.11. The fourth-order valence-corrected chi connectivity index (χ4v) is 2.05. The van der Waals surface area contributed by atoms with Crippen LogP contribution in [0.5, 0.6) is 11.5 Å². The van der Waals surface area contributed by atoms with E-state index in [0.29, 0.717) is 11.5 Å². The second-order valence-corrected chi connectivity index (χ2v) is 4.82. The highest BCUT2D eigenvalue weighted by atomic mass is 16.3. The Balaban J connectivity index is 2.01. The van der Waals surface area contributed by atoms with Crippen molar-refractivity contribution in [3.8, 4) is 29.1 Å². The highest BCUT2D eigenvalue weighted by Gasteiger charge is 2.15. The van der Waals surface area contributed by atoms with E-state index >= 15 is 0 Å². The molecule has 4 N–H and O–H groups in total. The van der Waals surface area contributed by atoms with E-state index in [1.807, 2.05) is 0 Å². The third-order valence-electron chi connectivity index (χ3n) is 3.21. The van der Waals surface area contributed by atoms with E-state index < -0.39 is 17.4 Å². The zero-order valence-electron chi connectivity index (χ0n) is 12.1. The van der Waals surface area contributed by atoms with Crippen LogP contribution in [0, 0.1) is 11.3 Å². The molecule has 0 radical (unpaired) electrons. The summed E-state index contributed by atoms with van der Waals surface area (Å²) in [4.78, 5) is 24.2. The summed E-state index contributed by atoms with van der Waals surface area (Å²) in [7, 11) is 0. The standard InChI is InChI=1S/C15H10N6O3/c16-4-9(1-8-2-10(17)13(23)12(22)3-8)15(24)21-5-11-14(20-7-21)19-6-18-11/h1-3,5-7,22-23H,17H2/b9-1+. The molecule has 9 nitrogen and oxygen atoms in total. The maximum Gasteiger partial charge on any atom is 0.273 e. The molecule has 0 fully saturated rings. The lowest BCUT2D eigenvalue weighted by Crippen LogP contribution is -2.14. The molecule has 0 amide bonds. The van der Waals surface area contributed by atoms with Crippen molar-refractivity contribution in [3.05, 3.63) is 42.1 Å². The number of aromatic hydroxyl groups is 2. The van der Waals surface area contributed by atoms with Gasteiger partial charge in [0.15, 0.2) is 17.3 Å². The number of nitrogens with zero attached hydrogens (tertiary/aromatic N) is 5. The van der Waals surface area contributed by atoms with Gasteiger partial charge in [0.2, 0.25) is 0 Å². The molecule has 1 aromatic carbocycles. The Morgan fingerprint density at radius 2 is 2.08 bits per heavy atom. The number of nitriles is 1. The fourth-order valence-electron chi connectivity index (χ4n) is 2.05. The van der Waals surface area contributed by atoms with Gasteiger partial charge in [0.1, 0.15) is 30.0 Å². The van der Waals surface area contributed by atoms with Crippen LogP contribution >= 0.6 is 0 Å². The number of imidazole rings is 1. The summed E-state index contributed by atoms with van der Waals surface area (Å²) in [5.41, 5.74) is 5.95. The molecule has 24 heavy (non-hydrogen) atoms. The second-order valence-electron chi connectivity index (χ2n) is 4.82. The van der Waals surface area contributed by atoms with Crippen LogP contribution in [0.2, 0.25) is 0 Å². The topological polar surface area (TPSA) is 151 Å². The highest BCUT2D eigenvalue weighted by Crippen LogP contribution is 2.33. The molecule has 3 rings (SSSR count). The number of hydrogen-bond donors (Lipinski definition) is 3. The summed E-state index contributed by atoms with van der Waals surface area (Å²) in [6, 6.07) is 4.30. The maximum atomic E-state index is 12.4. The van der Waals surface area contributed by atoms with Crippen LogP contribution in [-0.2, 0) is 0 Å². The number of nitrogen functional groups attached to an aromatic ring is 1.